The SMILES string of the molecule is N#Cc1cccc(CN2C[C@H](NCc3ccccc3)C2=O)c1. The number of nitrogens with one attached hydrogen (secondary N) is 1. The summed E-state index contributed by atoms with van der Waals surface area (Å²) in [6, 6.07) is 19.5. The average molecular weight is 291 g/mol. The van der Waals surface area contributed by atoms with Crippen molar-refractivity contribution in [3.8, 4) is 6.07 Å². The maximum absolute atomic E-state index is 12.1. The summed E-state index contributed by atoms with van der Waals surface area (Å²) in [4.78, 5) is 13.9. The van der Waals surface area contributed by atoms with Gasteiger partial charge in [-0.1, -0.05) is 42.5 Å². The number of likely N-dealkylation sites (tertiary alicyclic amines) is 1. The lowest BCUT2D eigenvalue weighted by Gasteiger charge is -2.39. The molecule has 4 heteroatoms. The van der Waals surface area contributed by atoms with Crippen LogP contribution in [0.25, 0.3) is 0 Å². The molecule has 0 aliphatic carbocycles. The molecular weight excluding hydrogens is 274 g/mol. The monoisotopic (exact) mass is 291 g/mol. The molecule has 0 unspecified atom stereocenters. The lowest BCUT2D eigenvalue weighted by atomic mass is 10.0. The van der Waals surface area contributed by atoms with Crippen molar-refractivity contribution in [2.75, 3.05) is 6.54 Å². The van der Waals surface area contributed by atoms with Crippen LogP contribution in [0.2, 0.25) is 0 Å². The van der Waals surface area contributed by atoms with Gasteiger partial charge in [-0.25, -0.2) is 0 Å². The number of hydrogen-bond acceptors (Lipinski definition) is 3. The lowest BCUT2D eigenvalue weighted by Crippen LogP contribution is -2.61. The number of amides is 1. The zero-order chi connectivity index (χ0) is 15.4. The molecule has 1 N–H and O–H groups in total. The Bertz CT molecular complexity index is 706. The molecule has 0 spiro atoms. The van der Waals surface area contributed by atoms with Gasteiger partial charge in [0.05, 0.1) is 11.6 Å². The number of carbonyl (C=O) groups excluding carboxylic acids is 1. The number of rotatable bonds is 5. The van der Waals surface area contributed by atoms with Gasteiger partial charge in [-0.2, -0.15) is 5.26 Å². The molecule has 110 valence electrons. The molecule has 2 aromatic rings. The highest BCUT2D eigenvalue weighted by molar-refractivity contribution is 5.87. The molecule has 0 radical (unpaired) electrons. The van der Waals surface area contributed by atoms with E-state index in [1.165, 1.54) is 5.56 Å². The van der Waals surface area contributed by atoms with E-state index in [-0.39, 0.29) is 11.9 Å². The highest BCUT2D eigenvalue weighted by Gasteiger charge is 2.35. The highest BCUT2D eigenvalue weighted by Crippen LogP contribution is 2.16. The van der Waals surface area contributed by atoms with E-state index in [0.717, 1.165) is 5.56 Å². The highest BCUT2D eigenvalue weighted by atomic mass is 16.2. The van der Waals surface area contributed by atoms with E-state index in [0.29, 0.717) is 25.2 Å². The van der Waals surface area contributed by atoms with Crippen molar-refractivity contribution in [2.24, 2.45) is 0 Å². The van der Waals surface area contributed by atoms with Crippen molar-refractivity contribution in [3.63, 3.8) is 0 Å². The minimum Gasteiger partial charge on any atom is -0.335 e. The number of β-lactam (4-membered cyclic amide) rings is 1. The van der Waals surface area contributed by atoms with Crippen molar-refractivity contribution in [3.05, 3.63) is 71.3 Å². The van der Waals surface area contributed by atoms with Crippen LogP contribution in [0.15, 0.2) is 54.6 Å². The van der Waals surface area contributed by atoms with E-state index in [9.17, 15) is 4.79 Å². The minimum absolute atomic E-state index is 0.0978. The van der Waals surface area contributed by atoms with E-state index in [4.69, 9.17) is 5.26 Å². The Hall–Kier alpha value is -2.64. The maximum Gasteiger partial charge on any atom is 0.241 e. The van der Waals surface area contributed by atoms with Gasteiger partial charge in [0.25, 0.3) is 0 Å². The van der Waals surface area contributed by atoms with E-state index in [1.54, 1.807) is 11.0 Å². The Balaban J connectivity index is 1.51. The van der Waals surface area contributed by atoms with Crippen LogP contribution in [0, 0.1) is 11.3 Å². The predicted molar refractivity (Wildman–Crippen MR) is 83.6 cm³/mol. The maximum atomic E-state index is 12.1. The standard InChI is InChI=1S/C18H17N3O/c19-10-15-7-4-8-16(9-15)12-21-13-17(18(21)22)20-11-14-5-2-1-3-6-14/h1-9,17,20H,11-13H2/t17-/m0/s1. The van der Waals surface area contributed by atoms with Gasteiger partial charge in [-0.3, -0.25) is 4.79 Å². The van der Waals surface area contributed by atoms with Crippen molar-refractivity contribution in [1.29, 1.82) is 5.26 Å². The predicted octanol–water partition coefficient (Wildman–Crippen LogP) is 2.06. The molecule has 1 amide bonds. The molecule has 1 fully saturated rings. The molecule has 0 aromatic heterocycles. The summed E-state index contributed by atoms with van der Waals surface area (Å²) in [5, 5.41) is 12.2. The first kappa shape index (κ1) is 14.3. The summed E-state index contributed by atoms with van der Waals surface area (Å²) in [7, 11) is 0. The summed E-state index contributed by atoms with van der Waals surface area (Å²) in [6.45, 7) is 1.98. The second-order valence-electron chi connectivity index (χ2n) is 5.45. The van der Waals surface area contributed by atoms with Gasteiger partial charge >= 0.3 is 0 Å². The van der Waals surface area contributed by atoms with Crippen molar-refractivity contribution in [1.82, 2.24) is 10.2 Å². The van der Waals surface area contributed by atoms with Crippen LogP contribution in [0.1, 0.15) is 16.7 Å². The Morgan fingerprint density at radius 2 is 1.91 bits per heavy atom. The average Bonchev–Trinajstić information content (AvgIpc) is 2.58. The summed E-state index contributed by atoms with van der Waals surface area (Å²) >= 11 is 0. The van der Waals surface area contributed by atoms with E-state index in [2.05, 4.69) is 11.4 Å². The quantitative estimate of drug-likeness (QED) is 0.858. The molecule has 0 saturated carbocycles. The number of nitriles is 1. The fourth-order valence-electron chi connectivity index (χ4n) is 2.59. The Kier molecular flexibility index (Phi) is 4.17. The summed E-state index contributed by atoms with van der Waals surface area (Å²) in [5.41, 5.74) is 2.80. The van der Waals surface area contributed by atoms with Gasteiger partial charge in [0.15, 0.2) is 0 Å². The topological polar surface area (TPSA) is 56.1 Å². The molecule has 1 atom stereocenters. The first-order valence-electron chi connectivity index (χ1n) is 7.31. The molecule has 1 heterocycles. The van der Waals surface area contributed by atoms with Gasteiger partial charge in [-0.05, 0) is 23.3 Å². The zero-order valence-corrected chi connectivity index (χ0v) is 12.2. The number of benzene rings is 2. The summed E-state index contributed by atoms with van der Waals surface area (Å²) in [5.74, 6) is 0.123. The second kappa shape index (κ2) is 6.42. The van der Waals surface area contributed by atoms with Crippen LogP contribution >= 0.6 is 0 Å². The van der Waals surface area contributed by atoms with E-state index >= 15 is 0 Å². The van der Waals surface area contributed by atoms with Crippen LogP contribution in [0.5, 0.6) is 0 Å². The molecule has 3 rings (SSSR count). The summed E-state index contributed by atoms with van der Waals surface area (Å²) in [6.07, 6.45) is 0. The van der Waals surface area contributed by atoms with Gasteiger partial charge in [0.2, 0.25) is 5.91 Å². The largest absolute Gasteiger partial charge is 0.335 e. The molecule has 1 aliphatic heterocycles. The smallest absolute Gasteiger partial charge is 0.241 e. The molecule has 2 aromatic carbocycles. The van der Waals surface area contributed by atoms with Crippen LogP contribution in [0.4, 0.5) is 0 Å². The summed E-state index contributed by atoms with van der Waals surface area (Å²) < 4.78 is 0. The number of nitrogens with zero attached hydrogens (tertiary/aromatic N) is 2. The molecule has 4 nitrogen and oxygen atoms in total. The molecular formula is C18H17N3O. The zero-order valence-electron chi connectivity index (χ0n) is 12.2. The van der Waals surface area contributed by atoms with Crippen molar-refractivity contribution >= 4 is 5.91 Å². The van der Waals surface area contributed by atoms with Gasteiger partial charge < -0.3 is 10.2 Å². The fourth-order valence-corrected chi connectivity index (χ4v) is 2.59. The van der Waals surface area contributed by atoms with Gasteiger partial charge in [0.1, 0.15) is 6.04 Å². The second-order valence-corrected chi connectivity index (χ2v) is 5.45. The normalized spacial score (nSPS) is 17.0. The van der Waals surface area contributed by atoms with Crippen molar-refractivity contribution in [2.45, 2.75) is 19.1 Å². The van der Waals surface area contributed by atoms with Crippen LogP contribution in [-0.4, -0.2) is 23.4 Å². The molecule has 1 saturated heterocycles. The Morgan fingerprint density at radius 3 is 2.64 bits per heavy atom. The first-order valence-corrected chi connectivity index (χ1v) is 7.31. The third-order valence-corrected chi connectivity index (χ3v) is 3.84. The number of hydrogen-bond donors (Lipinski definition) is 1. The lowest BCUT2D eigenvalue weighted by molar-refractivity contribution is -0.144. The third-order valence-electron chi connectivity index (χ3n) is 3.84. The van der Waals surface area contributed by atoms with Gasteiger partial charge in [0, 0.05) is 19.6 Å². The van der Waals surface area contributed by atoms with Gasteiger partial charge in [-0.15, -0.1) is 0 Å². The fraction of sp³-hybridized carbons (Fsp3) is 0.222. The van der Waals surface area contributed by atoms with Crippen LogP contribution < -0.4 is 5.32 Å². The third kappa shape index (κ3) is 3.16. The molecule has 22 heavy (non-hydrogen) atoms. The van der Waals surface area contributed by atoms with Crippen LogP contribution in [-0.2, 0) is 17.9 Å². The molecule has 0 bridgehead atoms. The minimum atomic E-state index is -0.0978. The van der Waals surface area contributed by atoms with E-state index < -0.39 is 0 Å². The Labute approximate surface area is 130 Å². The van der Waals surface area contributed by atoms with E-state index in [1.807, 2.05) is 48.5 Å². The Morgan fingerprint density at radius 1 is 1.14 bits per heavy atom. The van der Waals surface area contributed by atoms with Crippen LogP contribution in [0.3, 0.4) is 0 Å². The molecule has 1 aliphatic rings. The number of carbonyl (C=O) groups is 1. The van der Waals surface area contributed by atoms with Crippen molar-refractivity contribution < 1.29 is 4.79 Å². The first-order chi connectivity index (χ1) is 10.8.